The lowest BCUT2D eigenvalue weighted by molar-refractivity contribution is -0.145. The van der Waals surface area contributed by atoms with Crippen LogP contribution in [-0.4, -0.2) is 25.2 Å². The molecule has 0 bridgehead atoms. The molecular weight excluding hydrogens is 222 g/mol. The van der Waals surface area contributed by atoms with E-state index in [4.69, 9.17) is 0 Å². The van der Waals surface area contributed by atoms with Crippen LogP contribution in [-0.2, 0) is 17.4 Å². The fourth-order valence-electron chi connectivity index (χ4n) is 1.83. The first-order chi connectivity index (χ1) is 7.87. The Labute approximate surface area is 97.1 Å². The third-order valence-corrected chi connectivity index (χ3v) is 2.94. The Morgan fingerprint density at radius 2 is 2.06 bits per heavy atom. The summed E-state index contributed by atoms with van der Waals surface area (Å²) in [5.41, 5.74) is -0.480. The number of imidazole rings is 1. The highest BCUT2D eigenvalue weighted by Crippen LogP contribution is 2.20. The van der Waals surface area contributed by atoms with Crippen LogP contribution < -0.4 is 5.69 Å². The molecule has 1 N–H and O–H groups in total. The van der Waals surface area contributed by atoms with Crippen molar-refractivity contribution in [2.24, 2.45) is 7.05 Å². The Morgan fingerprint density at radius 3 is 2.65 bits per heavy atom. The molecular formula is C11H13N3O3. The smallest absolute Gasteiger partial charge is 0.329 e. The molecule has 0 aliphatic carbocycles. The standard InChI is InChI=1S/C11H13N3O3/c1-11(2,9(15)16)14-8-6-12-5-4-7(8)13(3)10(14)17/h4-6H,1-3H3,(H,15,16). The van der Waals surface area contributed by atoms with Crippen molar-refractivity contribution in [3.8, 4) is 0 Å². The zero-order valence-electron chi connectivity index (χ0n) is 9.84. The van der Waals surface area contributed by atoms with Gasteiger partial charge in [-0.3, -0.25) is 14.1 Å². The molecule has 0 radical (unpaired) electrons. The summed E-state index contributed by atoms with van der Waals surface area (Å²) in [6, 6.07) is 1.69. The average molecular weight is 235 g/mol. The van der Waals surface area contributed by atoms with Gasteiger partial charge in [-0.25, -0.2) is 9.59 Å². The molecule has 0 spiro atoms. The molecule has 0 saturated carbocycles. The fourth-order valence-corrected chi connectivity index (χ4v) is 1.83. The summed E-state index contributed by atoms with van der Waals surface area (Å²) in [7, 11) is 1.61. The van der Waals surface area contributed by atoms with E-state index in [1.165, 1.54) is 29.2 Å². The maximum atomic E-state index is 12.1. The number of aliphatic carboxylic acids is 1. The van der Waals surface area contributed by atoms with E-state index >= 15 is 0 Å². The monoisotopic (exact) mass is 235 g/mol. The van der Waals surface area contributed by atoms with Crippen molar-refractivity contribution in [3.05, 3.63) is 28.9 Å². The molecule has 0 unspecified atom stereocenters. The summed E-state index contributed by atoms with van der Waals surface area (Å²) in [4.78, 5) is 27.2. The van der Waals surface area contributed by atoms with Gasteiger partial charge in [-0.2, -0.15) is 0 Å². The normalized spacial score (nSPS) is 11.9. The van der Waals surface area contributed by atoms with E-state index in [2.05, 4.69) is 4.98 Å². The van der Waals surface area contributed by atoms with E-state index in [1.807, 2.05) is 0 Å². The molecule has 0 fully saturated rings. The minimum absolute atomic E-state index is 0.361. The van der Waals surface area contributed by atoms with Crippen LogP contribution in [0.2, 0.25) is 0 Å². The van der Waals surface area contributed by atoms with Crippen molar-refractivity contribution in [3.63, 3.8) is 0 Å². The van der Waals surface area contributed by atoms with Gasteiger partial charge in [0.25, 0.3) is 0 Å². The summed E-state index contributed by atoms with van der Waals surface area (Å²) in [6.45, 7) is 2.98. The molecule has 90 valence electrons. The Hall–Kier alpha value is -2.11. The molecule has 0 saturated heterocycles. The van der Waals surface area contributed by atoms with Gasteiger partial charge in [0, 0.05) is 13.2 Å². The van der Waals surface area contributed by atoms with Crippen molar-refractivity contribution in [2.45, 2.75) is 19.4 Å². The molecule has 0 aliphatic rings. The van der Waals surface area contributed by atoms with Gasteiger partial charge in [-0.15, -0.1) is 0 Å². The van der Waals surface area contributed by atoms with Gasteiger partial charge in [0.2, 0.25) is 0 Å². The van der Waals surface area contributed by atoms with Gasteiger partial charge in [0.1, 0.15) is 5.54 Å². The number of pyridine rings is 1. The van der Waals surface area contributed by atoms with Gasteiger partial charge < -0.3 is 5.11 Å². The Morgan fingerprint density at radius 1 is 1.41 bits per heavy atom. The molecule has 6 heteroatoms. The van der Waals surface area contributed by atoms with Gasteiger partial charge in [0.15, 0.2) is 0 Å². The molecule has 6 nitrogen and oxygen atoms in total. The number of aromatic nitrogens is 3. The van der Waals surface area contributed by atoms with Gasteiger partial charge in [-0.05, 0) is 19.9 Å². The zero-order chi connectivity index (χ0) is 12.8. The first-order valence-corrected chi connectivity index (χ1v) is 5.12. The van der Waals surface area contributed by atoms with E-state index in [9.17, 15) is 14.7 Å². The van der Waals surface area contributed by atoms with Crippen molar-refractivity contribution < 1.29 is 9.90 Å². The van der Waals surface area contributed by atoms with Crippen LogP contribution in [0.25, 0.3) is 11.0 Å². The number of fused-ring (bicyclic) bond motifs is 1. The fraction of sp³-hybridized carbons (Fsp3) is 0.364. The summed E-state index contributed by atoms with van der Waals surface area (Å²) >= 11 is 0. The molecule has 0 aromatic carbocycles. The SMILES string of the molecule is Cn1c(=O)n(C(C)(C)C(=O)O)c2cnccc21. The number of carboxylic acid groups (broad SMARTS) is 1. The summed E-state index contributed by atoms with van der Waals surface area (Å²) in [5.74, 6) is -1.06. The van der Waals surface area contributed by atoms with Crippen LogP contribution >= 0.6 is 0 Å². The number of nitrogens with zero attached hydrogens (tertiary/aromatic N) is 3. The Bertz CT molecular complexity index is 652. The van der Waals surface area contributed by atoms with Crippen molar-refractivity contribution >= 4 is 17.0 Å². The van der Waals surface area contributed by atoms with E-state index in [-0.39, 0.29) is 5.69 Å². The van der Waals surface area contributed by atoms with Crippen LogP contribution in [0.1, 0.15) is 13.8 Å². The third-order valence-electron chi connectivity index (χ3n) is 2.94. The minimum atomic E-state index is -1.31. The van der Waals surface area contributed by atoms with E-state index in [0.717, 1.165) is 0 Å². The van der Waals surface area contributed by atoms with Crippen LogP contribution in [0.4, 0.5) is 0 Å². The average Bonchev–Trinajstić information content (AvgIpc) is 2.52. The molecule has 2 heterocycles. The van der Waals surface area contributed by atoms with Gasteiger partial charge >= 0.3 is 11.7 Å². The first kappa shape index (κ1) is 11.4. The maximum Gasteiger partial charge on any atom is 0.329 e. The maximum absolute atomic E-state index is 12.1. The number of rotatable bonds is 2. The number of aryl methyl sites for hydroxylation is 1. The third kappa shape index (κ3) is 1.44. The Balaban J connectivity index is 2.92. The number of hydrogen-bond donors (Lipinski definition) is 1. The minimum Gasteiger partial charge on any atom is -0.480 e. The van der Waals surface area contributed by atoms with E-state index in [0.29, 0.717) is 11.0 Å². The number of carboxylic acids is 1. The number of carbonyl (C=O) groups is 1. The molecule has 0 aliphatic heterocycles. The molecule has 17 heavy (non-hydrogen) atoms. The summed E-state index contributed by atoms with van der Waals surface area (Å²) in [6.07, 6.45) is 3.07. The van der Waals surface area contributed by atoms with Crippen LogP contribution in [0.3, 0.4) is 0 Å². The van der Waals surface area contributed by atoms with E-state index in [1.54, 1.807) is 19.3 Å². The van der Waals surface area contributed by atoms with Gasteiger partial charge in [0.05, 0.1) is 17.2 Å². The molecule has 0 amide bonds. The highest BCUT2D eigenvalue weighted by Gasteiger charge is 2.33. The predicted molar refractivity (Wildman–Crippen MR) is 61.9 cm³/mol. The van der Waals surface area contributed by atoms with Crippen LogP contribution in [0.15, 0.2) is 23.3 Å². The lowest BCUT2D eigenvalue weighted by Crippen LogP contribution is -2.42. The second kappa shape index (κ2) is 3.44. The quantitative estimate of drug-likeness (QED) is 0.824. The predicted octanol–water partition coefficient (Wildman–Crippen LogP) is 0.555. The lowest BCUT2D eigenvalue weighted by Gasteiger charge is -2.20. The summed E-state index contributed by atoms with van der Waals surface area (Å²) < 4.78 is 2.67. The topological polar surface area (TPSA) is 77.1 Å². The van der Waals surface area contributed by atoms with Crippen LogP contribution in [0.5, 0.6) is 0 Å². The Kier molecular flexibility index (Phi) is 2.30. The van der Waals surface area contributed by atoms with E-state index < -0.39 is 11.5 Å². The highest BCUT2D eigenvalue weighted by molar-refractivity contribution is 5.81. The van der Waals surface area contributed by atoms with Crippen LogP contribution in [0, 0.1) is 0 Å². The number of hydrogen-bond acceptors (Lipinski definition) is 3. The second-order valence-corrected chi connectivity index (χ2v) is 4.41. The molecule has 2 aromatic heterocycles. The molecule has 2 rings (SSSR count). The van der Waals surface area contributed by atoms with Crippen molar-refractivity contribution in [1.82, 2.24) is 14.1 Å². The van der Waals surface area contributed by atoms with Crippen molar-refractivity contribution in [1.29, 1.82) is 0 Å². The summed E-state index contributed by atoms with van der Waals surface area (Å²) in [5, 5.41) is 9.20. The molecule has 0 atom stereocenters. The van der Waals surface area contributed by atoms with Gasteiger partial charge in [-0.1, -0.05) is 0 Å². The largest absolute Gasteiger partial charge is 0.480 e. The highest BCUT2D eigenvalue weighted by atomic mass is 16.4. The van der Waals surface area contributed by atoms with Crippen molar-refractivity contribution in [2.75, 3.05) is 0 Å². The zero-order valence-corrected chi connectivity index (χ0v) is 9.84. The lowest BCUT2D eigenvalue weighted by atomic mass is 10.1. The first-order valence-electron chi connectivity index (χ1n) is 5.12. The molecule has 2 aromatic rings. The second-order valence-electron chi connectivity index (χ2n) is 4.41.